The van der Waals surface area contributed by atoms with Gasteiger partial charge >= 0.3 is 0 Å². The molecule has 0 aliphatic heterocycles. The SMILES string of the molecule is CC.CC.Cc1ccc(Br)c(OCc2ccccc2)n1. The zero-order valence-corrected chi connectivity index (χ0v) is 14.6. The van der Waals surface area contributed by atoms with Gasteiger partial charge in [0.1, 0.15) is 6.61 Å². The molecule has 0 amide bonds. The second-order valence-electron chi connectivity index (χ2n) is 3.51. The lowest BCUT2D eigenvalue weighted by Gasteiger charge is -2.07. The number of hydrogen-bond acceptors (Lipinski definition) is 2. The van der Waals surface area contributed by atoms with Gasteiger partial charge in [0, 0.05) is 5.69 Å². The van der Waals surface area contributed by atoms with Crippen LogP contribution in [-0.4, -0.2) is 4.98 Å². The first-order valence-electron chi connectivity index (χ1n) is 7.05. The highest BCUT2D eigenvalue weighted by atomic mass is 79.9. The van der Waals surface area contributed by atoms with E-state index in [1.807, 2.05) is 77.1 Å². The summed E-state index contributed by atoms with van der Waals surface area (Å²) in [7, 11) is 0. The van der Waals surface area contributed by atoms with Gasteiger partial charge in [0.25, 0.3) is 0 Å². The number of aryl methyl sites for hydroxylation is 1. The van der Waals surface area contributed by atoms with Crippen molar-refractivity contribution in [2.45, 2.75) is 41.2 Å². The summed E-state index contributed by atoms with van der Waals surface area (Å²) < 4.78 is 6.53. The van der Waals surface area contributed by atoms with E-state index in [1.54, 1.807) is 0 Å². The predicted octanol–water partition coefficient (Wildman–Crippen LogP) is 5.78. The van der Waals surface area contributed by atoms with Crippen LogP contribution in [0.3, 0.4) is 0 Å². The van der Waals surface area contributed by atoms with Gasteiger partial charge in [0.2, 0.25) is 5.88 Å². The smallest absolute Gasteiger partial charge is 0.228 e. The average Bonchev–Trinajstić information content (AvgIpc) is 2.53. The first kappa shape index (κ1) is 18.7. The van der Waals surface area contributed by atoms with Crippen LogP contribution in [0, 0.1) is 6.92 Å². The Kier molecular flexibility index (Phi) is 10.7. The lowest BCUT2D eigenvalue weighted by atomic mass is 10.2. The van der Waals surface area contributed by atoms with E-state index < -0.39 is 0 Å². The van der Waals surface area contributed by atoms with Crippen molar-refractivity contribution in [1.29, 1.82) is 0 Å². The minimum Gasteiger partial charge on any atom is -0.472 e. The van der Waals surface area contributed by atoms with Crippen LogP contribution in [0.25, 0.3) is 0 Å². The van der Waals surface area contributed by atoms with Crippen LogP contribution in [0.5, 0.6) is 5.88 Å². The van der Waals surface area contributed by atoms with E-state index in [9.17, 15) is 0 Å². The van der Waals surface area contributed by atoms with Crippen molar-refractivity contribution in [2.24, 2.45) is 0 Å². The van der Waals surface area contributed by atoms with Gasteiger partial charge in [-0.2, -0.15) is 0 Å². The van der Waals surface area contributed by atoms with Gasteiger partial charge < -0.3 is 4.74 Å². The van der Waals surface area contributed by atoms with Gasteiger partial charge in [0.05, 0.1) is 4.47 Å². The highest BCUT2D eigenvalue weighted by Crippen LogP contribution is 2.23. The predicted molar refractivity (Wildman–Crippen MR) is 90.1 cm³/mol. The van der Waals surface area contributed by atoms with Gasteiger partial charge in [-0.05, 0) is 40.5 Å². The molecule has 0 saturated carbocycles. The van der Waals surface area contributed by atoms with Gasteiger partial charge in [-0.25, -0.2) is 4.98 Å². The summed E-state index contributed by atoms with van der Waals surface area (Å²) in [6.07, 6.45) is 0. The summed E-state index contributed by atoms with van der Waals surface area (Å²) in [4.78, 5) is 4.32. The maximum absolute atomic E-state index is 5.65. The fraction of sp³-hybridized carbons (Fsp3) is 0.353. The molecular weight excluding hydrogens is 314 g/mol. The van der Waals surface area contributed by atoms with E-state index in [-0.39, 0.29) is 0 Å². The Balaban J connectivity index is 0.000000829. The molecular formula is C17H24BrNO. The van der Waals surface area contributed by atoms with E-state index in [4.69, 9.17) is 4.74 Å². The summed E-state index contributed by atoms with van der Waals surface area (Å²) in [5.41, 5.74) is 2.09. The number of benzene rings is 1. The lowest BCUT2D eigenvalue weighted by molar-refractivity contribution is 0.291. The fourth-order valence-electron chi connectivity index (χ4n) is 1.34. The molecule has 110 valence electrons. The van der Waals surface area contributed by atoms with Gasteiger partial charge in [0.15, 0.2) is 0 Å². The van der Waals surface area contributed by atoms with E-state index in [2.05, 4.69) is 20.9 Å². The van der Waals surface area contributed by atoms with Crippen molar-refractivity contribution >= 4 is 15.9 Å². The molecule has 0 saturated heterocycles. The summed E-state index contributed by atoms with van der Waals surface area (Å²) in [5.74, 6) is 0.642. The molecule has 0 bridgehead atoms. The average molecular weight is 338 g/mol. The van der Waals surface area contributed by atoms with E-state index in [0.29, 0.717) is 12.5 Å². The molecule has 2 aromatic rings. The Bertz CT molecular complexity index is 472. The third kappa shape index (κ3) is 6.71. The topological polar surface area (TPSA) is 22.1 Å². The Morgan fingerprint density at radius 3 is 2.15 bits per heavy atom. The molecule has 0 N–H and O–H groups in total. The molecule has 0 aliphatic carbocycles. The number of hydrogen-bond donors (Lipinski definition) is 0. The first-order valence-corrected chi connectivity index (χ1v) is 7.85. The Labute approximate surface area is 131 Å². The second kappa shape index (κ2) is 11.5. The maximum atomic E-state index is 5.65. The number of nitrogens with zero attached hydrogens (tertiary/aromatic N) is 1. The molecule has 0 spiro atoms. The molecule has 0 unspecified atom stereocenters. The summed E-state index contributed by atoms with van der Waals surface area (Å²) in [5, 5.41) is 0. The highest BCUT2D eigenvalue weighted by Gasteiger charge is 2.03. The maximum Gasteiger partial charge on any atom is 0.228 e. The van der Waals surface area contributed by atoms with Crippen LogP contribution < -0.4 is 4.74 Å². The van der Waals surface area contributed by atoms with Crippen LogP contribution in [0.2, 0.25) is 0 Å². The van der Waals surface area contributed by atoms with E-state index >= 15 is 0 Å². The second-order valence-corrected chi connectivity index (χ2v) is 4.37. The summed E-state index contributed by atoms with van der Waals surface area (Å²) in [6.45, 7) is 10.5. The third-order valence-electron chi connectivity index (χ3n) is 2.17. The molecule has 1 aromatic carbocycles. The van der Waals surface area contributed by atoms with Gasteiger partial charge in [-0.3, -0.25) is 0 Å². The van der Waals surface area contributed by atoms with Gasteiger partial charge in [-0.15, -0.1) is 0 Å². The van der Waals surface area contributed by atoms with Crippen LogP contribution in [-0.2, 0) is 6.61 Å². The molecule has 0 fully saturated rings. The van der Waals surface area contributed by atoms with E-state index in [1.165, 1.54) is 0 Å². The Morgan fingerprint density at radius 2 is 1.55 bits per heavy atom. The van der Waals surface area contributed by atoms with Crippen LogP contribution in [0.1, 0.15) is 39.0 Å². The minimum atomic E-state index is 0.538. The van der Waals surface area contributed by atoms with E-state index in [0.717, 1.165) is 15.7 Å². The molecule has 3 heteroatoms. The molecule has 2 rings (SSSR count). The largest absolute Gasteiger partial charge is 0.472 e. The molecule has 20 heavy (non-hydrogen) atoms. The van der Waals surface area contributed by atoms with Gasteiger partial charge in [-0.1, -0.05) is 58.0 Å². The number of rotatable bonds is 3. The Morgan fingerprint density at radius 1 is 0.950 bits per heavy atom. The quantitative estimate of drug-likeness (QED) is 0.707. The summed E-state index contributed by atoms with van der Waals surface area (Å²) in [6, 6.07) is 13.9. The molecule has 0 atom stereocenters. The zero-order valence-electron chi connectivity index (χ0n) is 13.0. The van der Waals surface area contributed by atoms with Crippen molar-refractivity contribution in [3.05, 3.63) is 58.2 Å². The molecule has 0 aliphatic rings. The number of aromatic nitrogens is 1. The van der Waals surface area contributed by atoms with Crippen molar-refractivity contribution in [1.82, 2.24) is 4.98 Å². The standard InChI is InChI=1S/C13H12BrNO.2C2H6/c1-10-7-8-12(14)13(15-10)16-9-11-5-3-2-4-6-11;2*1-2/h2-8H,9H2,1H3;2*1-2H3. The third-order valence-corrected chi connectivity index (χ3v) is 2.77. The Hall–Kier alpha value is -1.35. The first-order chi connectivity index (χ1) is 9.75. The van der Waals surface area contributed by atoms with Crippen LogP contribution in [0.4, 0.5) is 0 Å². The number of pyridine rings is 1. The highest BCUT2D eigenvalue weighted by molar-refractivity contribution is 9.10. The molecule has 0 radical (unpaired) electrons. The monoisotopic (exact) mass is 337 g/mol. The minimum absolute atomic E-state index is 0.538. The van der Waals surface area contributed by atoms with Crippen LogP contribution >= 0.6 is 15.9 Å². The molecule has 1 aromatic heterocycles. The van der Waals surface area contributed by atoms with Crippen molar-refractivity contribution in [2.75, 3.05) is 0 Å². The summed E-state index contributed by atoms with van der Waals surface area (Å²) >= 11 is 3.42. The molecule has 1 heterocycles. The number of halogens is 1. The van der Waals surface area contributed by atoms with Crippen molar-refractivity contribution in [3.63, 3.8) is 0 Å². The lowest BCUT2D eigenvalue weighted by Crippen LogP contribution is -1.98. The normalized spacial score (nSPS) is 8.70. The zero-order chi connectivity index (χ0) is 15.4. The van der Waals surface area contributed by atoms with Crippen LogP contribution in [0.15, 0.2) is 46.9 Å². The van der Waals surface area contributed by atoms with Crippen molar-refractivity contribution in [3.8, 4) is 5.88 Å². The fourth-order valence-corrected chi connectivity index (χ4v) is 1.68. The van der Waals surface area contributed by atoms with Crippen molar-refractivity contribution < 1.29 is 4.74 Å². The molecule has 2 nitrogen and oxygen atoms in total. The number of ether oxygens (including phenoxy) is 1.